The average Bonchev–Trinajstić information content (AvgIpc) is 3.48. The van der Waals surface area contributed by atoms with Crippen molar-refractivity contribution in [2.24, 2.45) is 10.9 Å². The summed E-state index contributed by atoms with van der Waals surface area (Å²) in [5, 5.41) is 17.7. The first-order valence-corrected chi connectivity index (χ1v) is 11.4. The Labute approximate surface area is 194 Å². The van der Waals surface area contributed by atoms with Crippen LogP contribution in [-0.4, -0.2) is 56.9 Å². The number of piperidine rings is 1. The number of nitrogens with two attached hydrogens (primary N) is 1. The number of hydrogen-bond acceptors (Lipinski definition) is 5. The van der Waals surface area contributed by atoms with E-state index in [4.69, 9.17) is 5.73 Å². The largest absolute Gasteiger partial charge is 0.382 e. The Kier molecular flexibility index (Phi) is 6.93. The number of nitrogens with one attached hydrogen (secondary N) is 1. The second-order valence-electron chi connectivity index (χ2n) is 8.43. The van der Waals surface area contributed by atoms with E-state index in [9.17, 15) is 5.26 Å². The van der Waals surface area contributed by atoms with E-state index in [2.05, 4.69) is 42.9 Å². The number of aliphatic imine (C=N–C) groups is 1. The van der Waals surface area contributed by atoms with Gasteiger partial charge in [0.05, 0.1) is 23.8 Å². The van der Waals surface area contributed by atoms with Crippen LogP contribution in [0.1, 0.15) is 37.1 Å². The molecule has 1 fully saturated rings. The molecular weight excluding hydrogens is 414 g/mol. The lowest BCUT2D eigenvalue weighted by atomic mass is 9.93. The number of hydrogen-bond donors (Lipinski definition) is 2. The summed E-state index contributed by atoms with van der Waals surface area (Å²) in [5.41, 5.74) is 8.24. The van der Waals surface area contributed by atoms with E-state index >= 15 is 0 Å². The van der Waals surface area contributed by atoms with Gasteiger partial charge in [-0.3, -0.25) is 4.99 Å². The molecule has 3 heterocycles. The van der Waals surface area contributed by atoms with Crippen molar-refractivity contribution in [3.8, 4) is 11.8 Å². The van der Waals surface area contributed by atoms with Gasteiger partial charge in [-0.05, 0) is 37.3 Å². The average molecular weight is 446 g/mol. The lowest BCUT2D eigenvalue weighted by Crippen LogP contribution is -2.49. The molecule has 172 valence electrons. The van der Waals surface area contributed by atoms with Crippen LogP contribution in [-0.2, 0) is 6.42 Å². The lowest BCUT2D eigenvalue weighted by molar-refractivity contribution is 0.189. The van der Waals surface area contributed by atoms with Crippen LogP contribution in [0.3, 0.4) is 0 Å². The molecule has 33 heavy (non-hydrogen) atoms. The SMILES string of the molecule is CN=C(NCCCc1nn(-c2ccccc2)c(N)c1C#N)N1CCC(C)C(n2ccnc2)C1. The van der Waals surface area contributed by atoms with Crippen molar-refractivity contribution in [1.82, 2.24) is 29.5 Å². The second-order valence-corrected chi connectivity index (χ2v) is 8.43. The van der Waals surface area contributed by atoms with Crippen molar-refractivity contribution in [2.45, 2.75) is 32.2 Å². The number of benzene rings is 1. The summed E-state index contributed by atoms with van der Waals surface area (Å²) >= 11 is 0. The van der Waals surface area contributed by atoms with Crippen molar-refractivity contribution in [3.05, 3.63) is 60.3 Å². The lowest BCUT2D eigenvalue weighted by Gasteiger charge is -2.39. The number of nitrogen functional groups attached to an aromatic ring is 1. The van der Waals surface area contributed by atoms with Crippen molar-refractivity contribution in [1.29, 1.82) is 5.26 Å². The van der Waals surface area contributed by atoms with Gasteiger partial charge >= 0.3 is 0 Å². The van der Waals surface area contributed by atoms with Crippen LogP contribution in [0.2, 0.25) is 0 Å². The van der Waals surface area contributed by atoms with Crippen LogP contribution in [0.25, 0.3) is 5.69 Å². The van der Waals surface area contributed by atoms with Crippen LogP contribution in [0, 0.1) is 17.2 Å². The number of aryl methyl sites for hydroxylation is 1. The van der Waals surface area contributed by atoms with E-state index < -0.39 is 0 Å². The fourth-order valence-electron chi connectivity index (χ4n) is 4.42. The Hall–Kier alpha value is -3.80. The minimum atomic E-state index is 0.378. The van der Waals surface area contributed by atoms with Gasteiger partial charge in [-0.1, -0.05) is 25.1 Å². The molecule has 4 rings (SSSR count). The smallest absolute Gasteiger partial charge is 0.193 e. The maximum Gasteiger partial charge on any atom is 0.193 e. The van der Waals surface area contributed by atoms with Gasteiger partial charge in [-0.25, -0.2) is 9.67 Å². The highest BCUT2D eigenvalue weighted by Crippen LogP contribution is 2.27. The Morgan fingerprint density at radius 1 is 1.33 bits per heavy atom. The van der Waals surface area contributed by atoms with E-state index in [1.807, 2.05) is 56.1 Å². The fourth-order valence-corrected chi connectivity index (χ4v) is 4.42. The molecule has 1 saturated heterocycles. The Morgan fingerprint density at radius 2 is 2.15 bits per heavy atom. The highest BCUT2D eigenvalue weighted by molar-refractivity contribution is 5.80. The van der Waals surface area contributed by atoms with E-state index in [1.54, 1.807) is 4.68 Å². The molecule has 9 nitrogen and oxygen atoms in total. The molecule has 2 aromatic heterocycles. The standard InChI is InChI=1S/C24H31N9/c1-18-10-13-31(16-22(18)32-14-12-28-17-32)24(27-2)29-11-6-9-21-20(15-25)23(26)33(30-21)19-7-4-3-5-8-19/h3-5,7-8,12,14,17-18,22H,6,9-11,13,16,26H2,1-2H3,(H,27,29). The number of anilines is 1. The van der Waals surface area contributed by atoms with Crippen molar-refractivity contribution < 1.29 is 0 Å². The molecule has 3 aromatic rings. The van der Waals surface area contributed by atoms with Crippen molar-refractivity contribution in [2.75, 3.05) is 32.4 Å². The van der Waals surface area contributed by atoms with Crippen molar-refractivity contribution >= 4 is 11.8 Å². The summed E-state index contributed by atoms with van der Waals surface area (Å²) < 4.78 is 3.84. The van der Waals surface area contributed by atoms with Gasteiger partial charge < -0.3 is 20.5 Å². The Bertz CT molecular complexity index is 1110. The van der Waals surface area contributed by atoms with E-state index in [0.717, 1.165) is 49.8 Å². The van der Waals surface area contributed by atoms with Crippen LogP contribution in [0.15, 0.2) is 54.0 Å². The Morgan fingerprint density at radius 3 is 2.85 bits per heavy atom. The summed E-state index contributed by atoms with van der Waals surface area (Å²) in [5.74, 6) is 1.88. The number of rotatable bonds is 6. The molecule has 0 bridgehead atoms. The van der Waals surface area contributed by atoms with Crippen molar-refractivity contribution in [3.63, 3.8) is 0 Å². The maximum absolute atomic E-state index is 9.61. The third-order valence-corrected chi connectivity index (χ3v) is 6.32. The molecule has 0 spiro atoms. The van der Waals surface area contributed by atoms with Gasteiger partial charge in [0, 0.05) is 39.1 Å². The summed E-state index contributed by atoms with van der Waals surface area (Å²) in [7, 11) is 1.82. The number of aromatic nitrogens is 4. The predicted molar refractivity (Wildman–Crippen MR) is 129 cm³/mol. The molecule has 1 aromatic carbocycles. The van der Waals surface area contributed by atoms with E-state index in [1.165, 1.54) is 0 Å². The maximum atomic E-state index is 9.61. The van der Waals surface area contributed by atoms with Crippen LogP contribution in [0.5, 0.6) is 0 Å². The topological polar surface area (TPSA) is 113 Å². The summed E-state index contributed by atoms with van der Waals surface area (Å²) in [4.78, 5) is 11.0. The van der Waals surface area contributed by atoms with Gasteiger partial charge in [0.25, 0.3) is 0 Å². The molecule has 9 heteroatoms. The molecule has 3 N–H and O–H groups in total. The Balaban J connectivity index is 1.35. The van der Waals surface area contributed by atoms with E-state index in [-0.39, 0.29) is 0 Å². The second kappa shape index (κ2) is 10.2. The quantitative estimate of drug-likeness (QED) is 0.343. The monoisotopic (exact) mass is 445 g/mol. The molecule has 0 radical (unpaired) electrons. The van der Waals surface area contributed by atoms with Crippen LogP contribution < -0.4 is 11.1 Å². The van der Waals surface area contributed by atoms with Crippen LogP contribution in [0.4, 0.5) is 5.82 Å². The number of imidazole rings is 1. The first-order chi connectivity index (χ1) is 16.1. The number of para-hydroxylation sites is 1. The summed E-state index contributed by atoms with van der Waals surface area (Å²) in [6.07, 6.45) is 8.34. The molecule has 2 atom stereocenters. The zero-order chi connectivity index (χ0) is 23.2. The zero-order valence-corrected chi connectivity index (χ0v) is 19.2. The fraction of sp³-hybridized carbons (Fsp3) is 0.417. The number of guanidine groups is 1. The van der Waals surface area contributed by atoms with Gasteiger partial charge in [0.1, 0.15) is 17.5 Å². The van der Waals surface area contributed by atoms with Gasteiger partial charge in [-0.15, -0.1) is 0 Å². The third kappa shape index (κ3) is 4.85. The number of nitrogens with zero attached hydrogens (tertiary/aromatic N) is 7. The number of likely N-dealkylation sites (tertiary alicyclic amines) is 1. The summed E-state index contributed by atoms with van der Waals surface area (Å²) in [6.45, 7) is 4.90. The van der Waals surface area contributed by atoms with Gasteiger partial charge in [0.15, 0.2) is 5.96 Å². The molecule has 0 amide bonds. The highest BCUT2D eigenvalue weighted by atomic mass is 15.3. The predicted octanol–water partition coefficient (Wildman–Crippen LogP) is 2.61. The molecule has 1 aliphatic rings. The third-order valence-electron chi connectivity index (χ3n) is 6.32. The van der Waals surface area contributed by atoms with Gasteiger partial charge in [0.2, 0.25) is 0 Å². The van der Waals surface area contributed by atoms with Crippen LogP contribution >= 0.6 is 0 Å². The minimum Gasteiger partial charge on any atom is -0.382 e. The molecule has 2 unspecified atom stereocenters. The van der Waals surface area contributed by atoms with E-state index in [0.29, 0.717) is 29.8 Å². The zero-order valence-electron chi connectivity index (χ0n) is 19.2. The number of nitriles is 1. The first-order valence-electron chi connectivity index (χ1n) is 11.4. The summed E-state index contributed by atoms with van der Waals surface area (Å²) in [6, 6.07) is 12.2. The molecule has 0 saturated carbocycles. The molecule has 1 aliphatic heterocycles. The first kappa shape index (κ1) is 22.4. The molecule has 0 aliphatic carbocycles. The highest BCUT2D eigenvalue weighted by Gasteiger charge is 2.28. The van der Waals surface area contributed by atoms with Gasteiger partial charge in [-0.2, -0.15) is 10.4 Å². The molecular formula is C24H31N9. The minimum absolute atomic E-state index is 0.378. The normalized spacial score (nSPS) is 18.8.